The number of rotatable bonds is 11. The molecule has 0 aromatic carbocycles. The van der Waals surface area contributed by atoms with E-state index in [1.165, 1.54) is 0 Å². The van der Waals surface area contributed by atoms with Crippen molar-refractivity contribution in [2.45, 2.75) is 0 Å². The molecule has 0 saturated heterocycles. The first kappa shape index (κ1) is 17.7. The first-order chi connectivity index (χ1) is 7.27. The number of ether oxygens (including phenoxy) is 4. The van der Waals surface area contributed by atoms with Crippen molar-refractivity contribution in [1.82, 2.24) is 6.15 Å². The molecular formula is C9H22NO6+. The van der Waals surface area contributed by atoms with Crippen LogP contribution in [0.1, 0.15) is 0 Å². The van der Waals surface area contributed by atoms with Crippen molar-refractivity contribution in [3.8, 4) is 0 Å². The van der Waals surface area contributed by atoms with Gasteiger partial charge < -0.3 is 30.2 Å². The maximum atomic E-state index is 10.0. The van der Waals surface area contributed by atoms with Crippen LogP contribution in [0.2, 0.25) is 0 Å². The summed E-state index contributed by atoms with van der Waals surface area (Å²) in [5.41, 5.74) is 0. The van der Waals surface area contributed by atoms with Gasteiger partial charge in [-0.15, -0.1) is 0 Å². The summed E-state index contributed by atoms with van der Waals surface area (Å²) in [6.07, 6.45) is 0. The van der Waals surface area contributed by atoms with Crippen molar-refractivity contribution in [3.63, 3.8) is 0 Å². The fourth-order valence-electron chi connectivity index (χ4n) is 0.742. The van der Waals surface area contributed by atoms with Gasteiger partial charge in [-0.3, -0.25) is 0 Å². The molecule has 0 aromatic rings. The number of carboxylic acids is 1. The lowest BCUT2D eigenvalue weighted by molar-refractivity contribution is -0.142. The summed E-state index contributed by atoms with van der Waals surface area (Å²) in [7, 11) is 1.61. The average Bonchev–Trinajstić information content (AvgIpc) is 2.20. The Kier molecular flexibility index (Phi) is 15.7. The topological polar surface area (TPSA) is 111 Å². The Hall–Kier alpha value is -0.730. The zero-order valence-corrected chi connectivity index (χ0v) is 9.94. The minimum absolute atomic E-state index is 0. The van der Waals surface area contributed by atoms with Gasteiger partial charge in [0.25, 0.3) is 0 Å². The van der Waals surface area contributed by atoms with Gasteiger partial charge in [0.05, 0.1) is 39.6 Å². The monoisotopic (exact) mass is 240 g/mol. The van der Waals surface area contributed by atoms with Gasteiger partial charge in [0, 0.05) is 7.11 Å². The van der Waals surface area contributed by atoms with Gasteiger partial charge in [-0.2, -0.15) is 0 Å². The fraction of sp³-hybridized carbons (Fsp3) is 0.889. The third-order valence-electron chi connectivity index (χ3n) is 1.40. The number of carboxylic acid groups (broad SMARTS) is 1. The van der Waals surface area contributed by atoms with Crippen molar-refractivity contribution in [3.05, 3.63) is 0 Å². The van der Waals surface area contributed by atoms with Crippen LogP contribution in [-0.4, -0.2) is 64.4 Å². The van der Waals surface area contributed by atoms with Crippen molar-refractivity contribution in [2.75, 3.05) is 53.4 Å². The van der Waals surface area contributed by atoms with E-state index in [4.69, 9.17) is 24.1 Å². The van der Waals surface area contributed by atoms with Crippen LogP contribution in [0.25, 0.3) is 0 Å². The van der Waals surface area contributed by atoms with Gasteiger partial charge in [-0.25, -0.2) is 4.79 Å². The molecule has 5 N–H and O–H groups in total. The second kappa shape index (κ2) is 14.3. The van der Waals surface area contributed by atoms with Gasteiger partial charge in [-0.1, -0.05) is 0 Å². The van der Waals surface area contributed by atoms with Crippen molar-refractivity contribution < 1.29 is 28.8 Å². The predicted molar refractivity (Wildman–Crippen MR) is 58.0 cm³/mol. The highest BCUT2D eigenvalue weighted by molar-refractivity contribution is 5.67. The molecule has 0 atom stereocenters. The summed E-state index contributed by atoms with van der Waals surface area (Å²) >= 11 is 0. The van der Waals surface area contributed by atoms with Gasteiger partial charge in [0.2, 0.25) is 0 Å². The molecule has 0 amide bonds. The van der Waals surface area contributed by atoms with Crippen molar-refractivity contribution in [1.29, 1.82) is 0 Å². The molecule has 7 heteroatoms. The average molecular weight is 240 g/mol. The molecule has 0 aliphatic heterocycles. The van der Waals surface area contributed by atoms with E-state index in [2.05, 4.69) is 0 Å². The summed E-state index contributed by atoms with van der Waals surface area (Å²) < 4.78 is 19.8. The van der Waals surface area contributed by atoms with Gasteiger partial charge in [0.1, 0.15) is 6.61 Å². The Morgan fingerprint density at radius 2 is 1.38 bits per heavy atom. The van der Waals surface area contributed by atoms with Crippen LogP contribution in [0.3, 0.4) is 0 Å². The first-order valence-corrected chi connectivity index (χ1v) is 4.71. The number of aliphatic carboxylic acids is 1. The molecular weight excluding hydrogens is 218 g/mol. The summed E-state index contributed by atoms with van der Waals surface area (Å²) in [4.78, 5) is 10.0. The van der Waals surface area contributed by atoms with Gasteiger partial charge >= 0.3 is 5.97 Å². The lowest BCUT2D eigenvalue weighted by Gasteiger charge is -2.05. The van der Waals surface area contributed by atoms with E-state index in [1.807, 2.05) is 0 Å². The normalized spacial score (nSPS) is 9.81. The molecule has 0 spiro atoms. The quantitative estimate of drug-likeness (QED) is 0.497. The second-order valence-electron chi connectivity index (χ2n) is 2.66. The van der Waals surface area contributed by atoms with Crippen LogP contribution in [0, 0.1) is 0 Å². The molecule has 7 nitrogen and oxygen atoms in total. The van der Waals surface area contributed by atoms with Crippen LogP contribution < -0.4 is 6.15 Å². The van der Waals surface area contributed by atoms with Crippen LogP contribution in [-0.2, 0) is 23.7 Å². The summed E-state index contributed by atoms with van der Waals surface area (Å²) in [6, 6.07) is 0. The zero-order valence-electron chi connectivity index (χ0n) is 9.94. The largest absolute Gasteiger partial charge is 0.480 e. The Balaban J connectivity index is 0. The smallest absolute Gasteiger partial charge is 0.329 e. The summed E-state index contributed by atoms with van der Waals surface area (Å²) in [5, 5.41) is 8.24. The van der Waals surface area contributed by atoms with Crippen LogP contribution in [0.5, 0.6) is 0 Å². The molecule has 0 heterocycles. The highest BCUT2D eigenvalue weighted by Gasteiger charge is 1.95. The molecule has 0 unspecified atom stereocenters. The van der Waals surface area contributed by atoms with Crippen molar-refractivity contribution in [2.24, 2.45) is 0 Å². The Labute approximate surface area is 95.2 Å². The molecule has 0 aliphatic carbocycles. The summed E-state index contributed by atoms with van der Waals surface area (Å²) in [5.74, 6) is -0.974. The van der Waals surface area contributed by atoms with E-state index in [9.17, 15) is 4.79 Å². The molecule has 98 valence electrons. The Morgan fingerprint density at radius 3 is 1.81 bits per heavy atom. The van der Waals surface area contributed by atoms with E-state index >= 15 is 0 Å². The van der Waals surface area contributed by atoms with Crippen LogP contribution in [0.15, 0.2) is 0 Å². The standard InChI is InChI=1S/C9H18O6.H3N/c1-12-2-3-13-4-5-14-6-7-15-8-9(10)11;/h2-8H2,1H3,(H,10,11);1H3/p+1. The number of methoxy groups -OCH3 is 1. The van der Waals surface area contributed by atoms with E-state index in [0.29, 0.717) is 33.0 Å². The molecule has 0 aromatic heterocycles. The van der Waals surface area contributed by atoms with E-state index in [-0.39, 0.29) is 19.4 Å². The van der Waals surface area contributed by atoms with Crippen molar-refractivity contribution >= 4 is 5.97 Å². The minimum Gasteiger partial charge on any atom is -0.480 e. The minimum atomic E-state index is -0.974. The van der Waals surface area contributed by atoms with Gasteiger partial charge in [-0.05, 0) is 0 Å². The zero-order chi connectivity index (χ0) is 11.4. The second-order valence-corrected chi connectivity index (χ2v) is 2.66. The maximum absolute atomic E-state index is 10.0. The maximum Gasteiger partial charge on any atom is 0.329 e. The lowest BCUT2D eigenvalue weighted by Crippen LogP contribution is -2.13. The molecule has 16 heavy (non-hydrogen) atoms. The van der Waals surface area contributed by atoms with Gasteiger partial charge in [0.15, 0.2) is 0 Å². The number of carbonyl (C=O) groups is 1. The Morgan fingerprint density at radius 1 is 0.938 bits per heavy atom. The molecule has 0 aliphatic rings. The number of quaternary nitrogens is 1. The third-order valence-corrected chi connectivity index (χ3v) is 1.40. The molecule has 0 radical (unpaired) electrons. The first-order valence-electron chi connectivity index (χ1n) is 4.71. The summed E-state index contributed by atoms with van der Waals surface area (Å²) in [6.45, 7) is 2.47. The fourth-order valence-corrected chi connectivity index (χ4v) is 0.742. The van der Waals surface area contributed by atoms with Crippen LogP contribution >= 0.6 is 0 Å². The van der Waals surface area contributed by atoms with E-state index < -0.39 is 5.97 Å². The Bertz CT molecular complexity index is 155. The number of hydrogen-bond donors (Lipinski definition) is 2. The van der Waals surface area contributed by atoms with E-state index in [1.54, 1.807) is 7.11 Å². The SMILES string of the molecule is COCCOCCOCCOCC(=O)O.[NH4+]. The molecule has 0 bridgehead atoms. The molecule has 0 rings (SSSR count). The highest BCUT2D eigenvalue weighted by atomic mass is 16.6. The highest BCUT2D eigenvalue weighted by Crippen LogP contribution is 1.81. The molecule has 0 fully saturated rings. The molecule has 0 saturated carbocycles. The third kappa shape index (κ3) is 15.7. The predicted octanol–water partition coefficient (Wildman–Crippen LogP) is 0.143. The number of hydrogen-bond acceptors (Lipinski definition) is 5. The van der Waals surface area contributed by atoms with E-state index in [0.717, 1.165) is 0 Å². The van der Waals surface area contributed by atoms with Crippen LogP contribution in [0.4, 0.5) is 0 Å². The lowest BCUT2D eigenvalue weighted by atomic mass is 10.7.